The van der Waals surface area contributed by atoms with Crippen LogP contribution in [-0.2, 0) is 4.74 Å². The number of rotatable bonds is 7. The van der Waals surface area contributed by atoms with E-state index in [1.807, 2.05) is 25.1 Å². The van der Waals surface area contributed by atoms with Crippen molar-refractivity contribution in [2.45, 2.75) is 45.8 Å². The first-order valence-electron chi connectivity index (χ1n) is 6.64. The van der Waals surface area contributed by atoms with Crippen molar-refractivity contribution in [2.24, 2.45) is 0 Å². The number of hydrogen-bond donors (Lipinski definition) is 1. The predicted molar refractivity (Wildman–Crippen MR) is 78.2 cm³/mol. The van der Waals surface area contributed by atoms with Crippen LogP contribution in [-0.4, -0.2) is 18.8 Å². The van der Waals surface area contributed by atoms with Crippen molar-refractivity contribution >= 4 is 11.6 Å². The van der Waals surface area contributed by atoms with Gasteiger partial charge in [-0.3, -0.25) is 0 Å². The molecule has 1 unspecified atom stereocenters. The van der Waals surface area contributed by atoms with Crippen LogP contribution in [0.1, 0.15) is 45.7 Å². The molecule has 0 heterocycles. The smallest absolute Gasteiger partial charge is 0.0820 e. The Kier molecular flexibility index (Phi) is 6.13. The zero-order valence-electron chi connectivity index (χ0n) is 11.8. The van der Waals surface area contributed by atoms with Gasteiger partial charge in [-0.1, -0.05) is 30.7 Å². The van der Waals surface area contributed by atoms with Gasteiger partial charge >= 0.3 is 0 Å². The highest BCUT2D eigenvalue weighted by Crippen LogP contribution is 2.30. The van der Waals surface area contributed by atoms with E-state index < -0.39 is 0 Å². The van der Waals surface area contributed by atoms with Crippen molar-refractivity contribution in [1.82, 2.24) is 5.32 Å². The molecular formula is C15H24ClNO. The van der Waals surface area contributed by atoms with Crippen molar-refractivity contribution < 1.29 is 4.74 Å². The fourth-order valence-electron chi connectivity index (χ4n) is 2.20. The molecule has 0 aliphatic heterocycles. The summed E-state index contributed by atoms with van der Waals surface area (Å²) in [5.74, 6) is 0. The van der Waals surface area contributed by atoms with Crippen LogP contribution in [0, 0.1) is 0 Å². The summed E-state index contributed by atoms with van der Waals surface area (Å²) < 4.78 is 5.88. The molecule has 0 saturated heterocycles. The van der Waals surface area contributed by atoms with Crippen LogP contribution in [0.5, 0.6) is 0 Å². The van der Waals surface area contributed by atoms with Crippen LogP contribution >= 0.6 is 11.6 Å². The topological polar surface area (TPSA) is 21.3 Å². The summed E-state index contributed by atoms with van der Waals surface area (Å²) in [5.41, 5.74) is 0.920. The molecule has 1 aromatic carbocycles. The Hall–Kier alpha value is -0.570. The quantitative estimate of drug-likeness (QED) is 0.801. The Labute approximate surface area is 116 Å². The predicted octanol–water partition coefficient (Wildman–Crippen LogP) is 4.20. The minimum Gasteiger partial charge on any atom is -0.374 e. The molecule has 0 aliphatic carbocycles. The van der Waals surface area contributed by atoms with Crippen LogP contribution in [0.15, 0.2) is 24.3 Å². The molecule has 0 aromatic heterocycles. The molecule has 1 atom stereocenters. The SMILES string of the molecule is CCCNC(c1cccc(Cl)c1)C(C)(C)OCC. The molecule has 0 saturated carbocycles. The number of hydrogen-bond acceptors (Lipinski definition) is 2. The normalized spacial score (nSPS) is 13.6. The third-order valence-corrected chi connectivity index (χ3v) is 3.23. The van der Waals surface area contributed by atoms with E-state index in [0.29, 0.717) is 6.61 Å². The van der Waals surface area contributed by atoms with E-state index in [2.05, 4.69) is 32.2 Å². The van der Waals surface area contributed by atoms with Crippen LogP contribution in [0.25, 0.3) is 0 Å². The second-order valence-corrected chi connectivity index (χ2v) is 5.42. The molecule has 0 fully saturated rings. The van der Waals surface area contributed by atoms with Crippen LogP contribution < -0.4 is 5.32 Å². The highest BCUT2D eigenvalue weighted by Gasteiger charge is 2.30. The summed E-state index contributed by atoms with van der Waals surface area (Å²) in [6.45, 7) is 10.1. The maximum atomic E-state index is 6.08. The van der Waals surface area contributed by atoms with Crippen molar-refractivity contribution in [2.75, 3.05) is 13.2 Å². The highest BCUT2D eigenvalue weighted by molar-refractivity contribution is 6.30. The van der Waals surface area contributed by atoms with Gasteiger partial charge in [0, 0.05) is 11.6 Å². The third-order valence-electron chi connectivity index (χ3n) is 2.99. The lowest BCUT2D eigenvalue weighted by molar-refractivity contribution is -0.0391. The standard InChI is InChI=1S/C15H24ClNO/c1-5-10-17-14(15(3,4)18-6-2)12-8-7-9-13(16)11-12/h7-9,11,14,17H,5-6,10H2,1-4H3. The van der Waals surface area contributed by atoms with Gasteiger partial charge in [-0.15, -0.1) is 0 Å². The lowest BCUT2D eigenvalue weighted by Gasteiger charge is -2.35. The van der Waals surface area contributed by atoms with Crippen LogP contribution in [0.3, 0.4) is 0 Å². The molecule has 0 aliphatic rings. The fraction of sp³-hybridized carbons (Fsp3) is 0.600. The molecule has 0 amide bonds. The average molecular weight is 270 g/mol. The Morgan fingerprint density at radius 3 is 2.61 bits per heavy atom. The molecular weight excluding hydrogens is 246 g/mol. The van der Waals surface area contributed by atoms with Crippen molar-refractivity contribution in [3.63, 3.8) is 0 Å². The molecule has 0 radical (unpaired) electrons. The van der Waals surface area contributed by atoms with E-state index in [4.69, 9.17) is 16.3 Å². The zero-order valence-corrected chi connectivity index (χ0v) is 12.6. The van der Waals surface area contributed by atoms with E-state index in [9.17, 15) is 0 Å². The summed E-state index contributed by atoms with van der Waals surface area (Å²) >= 11 is 6.08. The van der Waals surface area contributed by atoms with Gasteiger partial charge in [0.1, 0.15) is 0 Å². The second kappa shape index (κ2) is 7.13. The maximum absolute atomic E-state index is 6.08. The highest BCUT2D eigenvalue weighted by atomic mass is 35.5. The van der Waals surface area contributed by atoms with Gasteiger partial charge in [0.25, 0.3) is 0 Å². The molecule has 1 aromatic rings. The van der Waals surface area contributed by atoms with Crippen molar-refractivity contribution in [3.8, 4) is 0 Å². The Morgan fingerprint density at radius 2 is 2.06 bits per heavy atom. The van der Waals surface area contributed by atoms with E-state index in [1.54, 1.807) is 0 Å². The summed E-state index contributed by atoms with van der Waals surface area (Å²) in [4.78, 5) is 0. The van der Waals surface area contributed by atoms with Gasteiger partial charge in [0.05, 0.1) is 11.6 Å². The molecule has 2 nitrogen and oxygen atoms in total. The molecule has 102 valence electrons. The molecule has 0 bridgehead atoms. The summed E-state index contributed by atoms with van der Waals surface area (Å²) in [7, 11) is 0. The first-order valence-corrected chi connectivity index (χ1v) is 7.01. The largest absolute Gasteiger partial charge is 0.374 e. The van der Waals surface area contributed by atoms with Gasteiger partial charge < -0.3 is 10.1 Å². The first kappa shape index (κ1) is 15.5. The average Bonchev–Trinajstić information content (AvgIpc) is 2.29. The van der Waals surface area contributed by atoms with E-state index >= 15 is 0 Å². The minimum atomic E-state index is -0.255. The van der Waals surface area contributed by atoms with Crippen LogP contribution in [0.2, 0.25) is 5.02 Å². The Balaban J connectivity index is 2.97. The number of nitrogens with one attached hydrogen (secondary N) is 1. The van der Waals surface area contributed by atoms with Crippen molar-refractivity contribution in [3.05, 3.63) is 34.9 Å². The first-order chi connectivity index (χ1) is 8.51. The molecule has 0 spiro atoms. The molecule has 1 rings (SSSR count). The summed E-state index contributed by atoms with van der Waals surface area (Å²) in [5, 5.41) is 4.32. The molecule has 3 heteroatoms. The summed E-state index contributed by atoms with van der Waals surface area (Å²) in [6.07, 6.45) is 1.10. The van der Waals surface area contributed by atoms with Gasteiger partial charge in [0.15, 0.2) is 0 Å². The van der Waals surface area contributed by atoms with Gasteiger partial charge in [0.2, 0.25) is 0 Å². The lowest BCUT2D eigenvalue weighted by atomic mass is 9.91. The van der Waals surface area contributed by atoms with Gasteiger partial charge in [-0.05, 0) is 51.4 Å². The monoisotopic (exact) mass is 269 g/mol. The molecule has 1 N–H and O–H groups in total. The minimum absolute atomic E-state index is 0.149. The fourth-order valence-corrected chi connectivity index (χ4v) is 2.39. The third kappa shape index (κ3) is 4.27. The number of ether oxygens (including phenoxy) is 1. The van der Waals surface area contributed by atoms with Crippen molar-refractivity contribution in [1.29, 1.82) is 0 Å². The van der Waals surface area contributed by atoms with Crippen LogP contribution in [0.4, 0.5) is 0 Å². The van der Waals surface area contributed by atoms with E-state index in [-0.39, 0.29) is 11.6 Å². The second-order valence-electron chi connectivity index (χ2n) is 4.98. The Morgan fingerprint density at radius 1 is 1.33 bits per heavy atom. The lowest BCUT2D eigenvalue weighted by Crippen LogP contribution is -2.42. The maximum Gasteiger partial charge on any atom is 0.0820 e. The van der Waals surface area contributed by atoms with Gasteiger partial charge in [-0.25, -0.2) is 0 Å². The number of benzene rings is 1. The van der Waals surface area contributed by atoms with E-state index in [0.717, 1.165) is 18.0 Å². The number of halogens is 1. The molecule has 18 heavy (non-hydrogen) atoms. The van der Waals surface area contributed by atoms with E-state index in [1.165, 1.54) is 5.56 Å². The summed E-state index contributed by atoms with van der Waals surface area (Å²) in [6, 6.07) is 8.14. The Bertz CT molecular complexity index is 365. The van der Waals surface area contributed by atoms with Gasteiger partial charge in [-0.2, -0.15) is 0 Å². The zero-order chi connectivity index (χ0) is 13.6.